The van der Waals surface area contributed by atoms with E-state index in [1.807, 2.05) is 6.07 Å². The van der Waals surface area contributed by atoms with Gasteiger partial charge in [-0.2, -0.15) is 5.26 Å². The van der Waals surface area contributed by atoms with E-state index in [4.69, 9.17) is 14.2 Å². The molecule has 0 aliphatic heterocycles. The predicted molar refractivity (Wildman–Crippen MR) is 89.2 cm³/mol. The van der Waals surface area contributed by atoms with E-state index in [-0.39, 0.29) is 5.57 Å². The first kappa shape index (κ1) is 18.5. The molecule has 8 heteroatoms. The lowest BCUT2D eigenvalue weighted by Crippen LogP contribution is -2.48. The van der Waals surface area contributed by atoms with Crippen LogP contribution in [0.3, 0.4) is 0 Å². The lowest BCUT2D eigenvalue weighted by Gasteiger charge is -2.39. The summed E-state index contributed by atoms with van der Waals surface area (Å²) in [7, 11) is 3.34. The molecule has 27 heavy (non-hydrogen) atoms. The van der Waals surface area contributed by atoms with Crippen molar-refractivity contribution >= 4 is 17.9 Å². The second-order valence-electron chi connectivity index (χ2n) is 6.30. The summed E-state index contributed by atoms with van der Waals surface area (Å²) in [5, 5.41) is 20.9. The summed E-state index contributed by atoms with van der Waals surface area (Å²) in [6, 6.07) is 8.64. The fraction of sp³-hybridized carbons (Fsp3) is 0.368. The topological polar surface area (TPSA) is 123 Å². The number of ether oxygens (including phenoxy) is 3. The third kappa shape index (κ3) is 2.18. The molecule has 0 radical (unpaired) electrons. The molecule has 1 aromatic rings. The highest BCUT2D eigenvalue weighted by Gasteiger charge is 2.69. The number of rotatable bonds is 3. The third-order valence-corrected chi connectivity index (χ3v) is 5.35. The van der Waals surface area contributed by atoms with Crippen molar-refractivity contribution in [3.8, 4) is 6.07 Å². The molecule has 0 saturated carbocycles. The van der Waals surface area contributed by atoms with Gasteiger partial charge in [-0.1, -0.05) is 24.3 Å². The molecular weight excluding hydrogens is 354 g/mol. The van der Waals surface area contributed by atoms with Crippen molar-refractivity contribution in [1.82, 2.24) is 0 Å². The largest absolute Gasteiger partial charge is 0.511 e. The Labute approximate surface area is 154 Å². The van der Waals surface area contributed by atoms with E-state index in [0.717, 1.165) is 21.3 Å². The Morgan fingerprint density at radius 2 is 1.70 bits per heavy atom. The molecular formula is C19H17NO7. The molecule has 0 spiro atoms. The predicted octanol–water partition coefficient (Wildman–Crippen LogP) is 1.34. The normalized spacial score (nSPS) is 28.0. The van der Waals surface area contributed by atoms with Gasteiger partial charge in [0.1, 0.15) is 11.7 Å². The van der Waals surface area contributed by atoms with E-state index in [2.05, 4.69) is 0 Å². The van der Waals surface area contributed by atoms with Gasteiger partial charge in [-0.15, -0.1) is 0 Å². The first-order valence-corrected chi connectivity index (χ1v) is 8.08. The molecule has 0 aromatic heterocycles. The van der Waals surface area contributed by atoms with Gasteiger partial charge in [0, 0.05) is 11.8 Å². The molecule has 0 saturated heterocycles. The van der Waals surface area contributed by atoms with Crippen LogP contribution in [0.25, 0.3) is 0 Å². The van der Waals surface area contributed by atoms with Crippen molar-refractivity contribution in [2.75, 3.05) is 21.3 Å². The Hall–Kier alpha value is -3.34. The Balaban J connectivity index is 2.46. The molecule has 1 N–H and O–H groups in total. The second kappa shape index (κ2) is 6.43. The molecule has 2 bridgehead atoms. The first-order valence-electron chi connectivity index (χ1n) is 8.08. The Bertz CT molecular complexity index is 913. The Morgan fingerprint density at radius 1 is 1.07 bits per heavy atom. The number of esters is 3. The minimum Gasteiger partial charge on any atom is -0.511 e. The van der Waals surface area contributed by atoms with Crippen LogP contribution in [0.15, 0.2) is 35.6 Å². The highest BCUT2D eigenvalue weighted by Crippen LogP contribution is 2.65. The van der Waals surface area contributed by atoms with Crippen molar-refractivity contribution in [1.29, 1.82) is 5.26 Å². The van der Waals surface area contributed by atoms with E-state index in [9.17, 15) is 24.8 Å². The van der Waals surface area contributed by atoms with E-state index in [0.29, 0.717) is 11.1 Å². The van der Waals surface area contributed by atoms with Gasteiger partial charge in [-0.05, 0) is 11.1 Å². The molecule has 0 heterocycles. The zero-order chi connectivity index (χ0) is 19.9. The smallest absolute Gasteiger partial charge is 0.337 e. The van der Waals surface area contributed by atoms with Crippen LogP contribution in [-0.4, -0.2) is 44.3 Å². The number of hydrogen-bond donors (Lipinski definition) is 1. The summed E-state index contributed by atoms with van der Waals surface area (Å²) < 4.78 is 14.4. The van der Waals surface area contributed by atoms with Gasteiger partial charge in [-0.3, -0.25) is 9.59 Å². The standard InChI is InChI=1S/C19H17NO7/c1-25-16(22)11-13-9-6-4-5-7-10(9)14(12(15(11)21)17(23)26-2)19(13,8-20)18(24)27-3/h4-7,11,13-14,21H,1-3H3/t11-,13-,14-,19+/m1/s1. The van der Waals surface area contributed by atoms with E-state index >= 15 is 0 Å². The zero-order valence-corrected chi connectivity index (χ0v) is 14.9. The number of methoxy groups -OCH3 is 3. The molecule has 0 unspecified atom stereocenters. The number of benzene rings is 1. The fourth-order valence-electron chi connectivity index (χ4n) is 4.33. The third-order valence-electron chi connectivity index (χ3n) is 5.35. The molecule has 4 atom stereocenters. The van der Waals surface area contributed by atoms with Gasteiger partial charge < -0.3 is 19.3 Å². The van der Waals surface area contributed by atoms with Gasteiger partial charge >= 0.3 is 17.9 Å². The van der Waals surface area contributed by atoms with Crippen molar-refractivity contribution in [3.63, 3.8) is 0 Å². The maximum atomic E-state index is 12.8. The average molecular weight is 371 g/mol. The van der Waals surface area contributed by atoms with Crippen molar-refractivity contribution in [2.45, 2.75) is 11.8 Å². The number of hydrogen-bond acceptors (Lipinski definition) is 8. The molecule has 8 nitrogen and oxygen atoms in total. The molecule has 2 aliphatic carbocycles. The number of nitriles is 1. The fourth-order valence-corrected chi connectivity index (χ4v) is 4.33. The number of fused-ring (bicyclic) bond motifs is 5. The van der Waals surface area contributed by atoms with Crippen LogP contribution in [0, 0.1) is 22.7 Å². The molecule has 140 valence electrons. The van der Waals surface area contributed by atoms with Crippen LogP contribution in [0.2, 0.25) is 0 Å². The monoisotopic (exact) mass is 371 g/mol. The van der Waals surface area contributed by atoms with Crippen LogP contribution < -0.4 is 0 Å². The molecule has 1 aromatic carbocycles. The minimum atomic E-state index is -1.92. The summed E-state index contributed by atoms with van der Waals surface area (Å²) in [6.45, 7) is 0. The number of nitrogens with zero attached hydrogens (tertiary/aromatic N) is 1. The Kier molecular flexibility index (Phi) is 4.39. The average Bonchev–Trinajstić information content (AvgIpc) is 2.92. The van der Waals surface area contributed by atoms with E-state index in [1.165, 1.54) is 0 Å². The summed E-state index contributed by atoms with van der Waals surface area (Å²) in [5.74, 6) is -6.92. The number of aliphatic hydroxyl groups excluding tert-OH is 1. The van der Waals surface area contributed by atoms with Gasteiger partial charge in [0.2, 0.25) is 0 Å². The van der Waals surface area contributed by atoms with Gasteiger partial charge in [-0.25, -0.2) is 4.79 Å². The zero-order valence-electron chi connectivity index (χ0n) is 14.9. The van der Waals surface area contributed by atoms with Crippen LogP contribution in [0.1, 0.15) is 23.0 Å². The summed E-state index contributed by atoms with van der Waals surface area (Å²) in [4.78, 5) is 37.8. The minimum absolute atomic E-state index is 0.318. The van der Waals surface area contributed by atoms with Gasteiger partial charge in [0.05, 0.1) is 33.0 Å². The molecule has 0 fully saturated rings. The SMILES string of the molecule is COC(=O)C1=C(O)[C@H](C(=O)OC)[C@H]2c3ccccc3[C@H]1[C@@]2(C#N)C(=O)OC. The summed E-state index contributed by atoms with van der Waals surface area (Å²) >= 11 is 0. The number of carbonyl (C=O) groups is 3. The lowest BCUT2D eigenvalue weighted by molar-refractivity contribution is -0.156. The highest BCUT2D eigenvalue weighted by atomic mass is 16.5. The van der Waals surface area contributed by atoms with Crippen molar-refractivity contribution < 1.29 is 33.7 Å². The molecule has 2 aliphatic rings. The van der Waals surface area contributed by atoms with Crippen LogP contribution >= 0.6 is 0 Å². The van der Waals surface area contributed by atoms with Crippen LogP contribution in [-0.2, 0) is 28.6 Å². The van der Waals surface area contributed by atoms with Crippen molar-refractivity contribution in [2.24, 2.45) is 11.3 Å². The molecule has 3 rings (SSSR count). The van der Waals surface area contributed by atoms with Crippen LogP contribution in [0.5, 0.6) is 0 Å². The quantitative estimate of drug-likeness (QED) is 0.624. The van der Waals surface area contributed by atoms with Crippen LogP contribution in [0.4, 0.5) is 0 Å². The first-order chi connectivity index (χ1) is 12.9. The van der Waals surface area contributed by atoms with E-state index < -0.39 is 46.8 Å². The summed E-state index contributed by atoms with van der Waals surface area (Å²) in [5.41, 5.74) is -1.27. The maximum Gasteiger partial charge on any atom is 0.337 e. The maximum absolute atomic E-state index is 12.8. The highest BCUT2D eigenvalue weighted by molar-refractivity contribution is 5.99. The number of carbonyl (C=O) groups excluding carboxylic acids is 3. The summed E-state index contributed by atoms with van der Waals surface area (Å²) in [6.07, 6.45) is 0. The number of aliphatic hydroxyl groups is 1. The van der Waals surface area contributed by atoms with Gasteiger partial charge in [0.25, 0.3) is 0 Å². The van der Waals surface area contributed by atoms with Gasteiger partial charge in [0.15, 0.2) is 5.41 Å². The lowest BCUT2D eigenvalue weighted by atomic mass is 9.60. The van der Waals surface area contributed by atoms with Crippen molar-refractivity contribution in [3.05, 3.63) is 46.7 Å². The Morgan fingerprint density at radius 3 is 2.22 bits per heavy atom. The molecule has 0 amide bonds. The second-order valence-corrected chi connectivity index (χ2v) is 6.30. The van der Waals surface area contributed by atoms with E-state index in [1.54, 1.807) is 24.3 Å².